The summed E-state index contributed by atoms with van der Waals surface area (Å²) in [6.45, 7) is 6.61. The molecule has 0 radical (unpaired) electrons. The molecule has 5 nitrogen and oxygen atoms in total. The van der Waals surface area contributed by atoms with E-state index in [1.807, 2.05) is 20.8 Å². The van der Waals surface area contributed by atoms with Gasteiger partial charge >= 0.3 is 0 Å². The minimum Gasteiger partial charge on any atom is -0.444 e. The smallest absolute Gasteiger partial charge is 0.223 e. The number of nitrogens with two attached hydrogens (primary N) is 1. The summed E-state index contributed by atoms with van der Waals surface area (Å²) in [7, 11) is 0. The number of oxazole rings is 1. The van der Waals surface area contributed by atoms with E-state index < -0.39 is 0 Å². The van der Waals surface area contributed by atoms with E-state index in [-0.39, 0.29) is 11.8 Å². The van der Waals surface area contributed by atoms with Crippen LogP contribution in [0.5, 0.6) is 0 Å². The number of aromatic nitrogens is 1. The van der Waals surface area contributed by atoms with Gasteiger partial charge in [0.05, 0.1) is 12.2 Å². The summed E-state index contributed by atoms with van der Waals surface area (Å²) >= 11 is 0. The maximum atomic E-state index is 11.7. The predicted octanol–water partition coefficient (Wildman–Crippen LogP) is 1.28. The number of amides is 1. The van der Waals surface area contributed by atoms with E-state index >= 15 is 0 Å². The highest BCUT2D eigenvalue weighted by Gasteiger charge is 2.13. The molecule has 1 aromatic heterocycles. The molecule has 0 fully saturated rings. The fourth-order valence-corrected chi connectivity index (χ4v) is 1.51. The monoisotopic (exact) mass is 239 g/mol. The van der Waals surface area contributed by atoms with Gasteiger partial charge in [-0.2, -0.15) is 0 Å². The number of hydrogen-bond acceptors (Lipinski definition) is 4. The number of carbonyl (C=O) groups is 1. The molecule has 5 heteroatoms. The van der Waals surface area contributed by atoms with Crippen LogP contribution < -0.4 is 11.1 Å². The Bertz CT molecular complexity index is 354. The second-order valence-corrected chi connectivity index (χ2v) is 4.30. The van der Waals surface area contributed by atoms with Crippen LogP contribution in [0.25, 0.3) is 0 Å². The van der Waals surface area contributed by atoms with Gasteiger partial charge < -0.3 is 15.5 Å². The van der Waals surface area contributed by atoms with Crippen LogP contribution >= 0.6 is 0 Å². The molecule has 1 heterocycles. The zero-order valence-electron chi connectivity index (χ0n) is 10.7. The van der Waals surface area contributed by atoms with E-state index in [0.29, 0.717) is 19.0 Å². The van der Waals surface area contributed by atoms with Crippen molar-refractivity contribution in [2.45, 2.75) is 40.2 Å². The molecule has 0 bridgehead atoms. The summed E-state index contributed by atoms with van der Waals surface area (Å²) in [6, 6.07) is 0. The quantitative estimate of drug-likeness (QED) is 0.783. The van der Waals surface area contributed by atoms with Crippen LogP contribution in [0.15, 0.2) is 4.42 Å². The Morgan fingerprint density at radius 1 is 1.53 bits per heavy atom. The average Bonchev–Trinajstić information content (AvgIpc) is 2.62. The molecule has 0 spiro atoms. The molecular formula is C12H21N3O2. The minimum atomic E-state index is -0.0179. The predicted molar refractivity (Wildman–Crippen MR) is 65.3 cm³/mol. The largest absolute Gasteiger partial charge is 0.444 e. The number of carbonyl (C=O) groups excluding carboxylic acids is 1. The molecule has 0 saturated carbocycles. The number of rotatable bonds is 6. The first-order valence-corrected chi connectivity index (χ1v) is 5.95. The van der Waals surface area contributed by atoms with E-state index in [4.69, 9.17) is 10.2 Å². The van der Waals surface area contributed by atoms with Crippen molar-refractivity contribution in [1.82, 2.24) is 10.3 Å². The maximum Gasteiger partial charge on any atom is 0.223 e. The third kappa shape index (κ3) is 4.19. The van der Waals surface area contributed by atoms with Crippen molar-refractivity contribution >= 4 is 5.91 Å². The normalized spacial score (nSPS) is 12.5. The van der Waals surface area contributed by atoms with Crippen LogP contribution in [0.3, 0.4) is 0 Å². The van der Waals surface area contributed by atoms with Gasteiger partial charge in [0.1, 0.15) is 5.76 Å². The highest BCUT2D eigenvalue weighted by Crippen LogP contribution is 2.09. The van der Waals surface area contributed by atoms with Crippen molar-refractivity contribution in [2.75, 3.05) is 6.54 Å². The van der Waals surface area contributed by atoms with E-state index in [1.165, 1.54) is 0 Å². The maximum absolute atomic E-state index is 11.7. The Hall–Kier alpha value is -1.36. The fraction of sp³-hybridized carbons (Fsp3) is 0.667. The average molecular weight is 239 g/mol. The van der Waals surface area contributed by atoms with Crippen molar-refractivity contribution in [1.29, 1.82) is 0 Å². The molecule has 0 aliphatic rings. The summed E-state index contributed by atoms with van der Waals surface area (Å²) in [5.74, 6) is 1.35. The lowest BCUT2D eigenvalue weighted by molar-refractivity contribution is -0.125. The first-order chi connectivity index (χ1) is 8.04. The van der Waals surface area contributed by atoms with Gasteiger partial charge in [0.15, 0.2) is 0 Å². The minimum absolute atomic E-state index is 0.0179. The Labute approximate surface area is 102 Å². The number of nitrogens with one attached hydrogen (secondary N) is 1. The molecule has 3 N–H and O–H groups in total. The third-order valence-corrected chi connectivity index (χ3v) is 2.78. The van der Waals surface area contributed by atoms with E-state index in [1.54, 1.807) is 0 Å². The Balaban J connectivity index is 2.37. The van der Waals surface area contributed by atoms with Crippen molar-refractivity contribution in [3.05, 3.63) is 17.3 Å². The van der Waals surface area contributed by atoms with Crippen LogP contribution in [0.2, 0.25) is 0 Å². The molecule has 0 saturated heterocycles. The molecule has 1 unspecified atom stereocenters. The second-order valence-electron chi connectivity index (χ2n) is 4.30. The number of nitrogens with zero attached hydrogens (tertiary/aromatic N) is 1. The van der Waals surface area contributed by atoms with Gasteiger partial charge in [-0.25, -0.2) is 4.98 Å². The molecule has 17 heavy (non-hydrogen) atoms. The van der Waals surface area contributed by atoms with E-state index in [2.05, 4.69) is 10.3 Å². The number of hydrogen-bond donors (Lipinski definition) is 2. The fourth-order valence-electron chi connectivity index (χ4n) is 1.51. The number of aryl methyl sites for hydroxylation is 2. The first-order valence-electron chi connectivity index (χ1n) is 5.95. The first kappa shape index (κ1) is 13.7. The van der Waals surface area contributed by atoms with E-state index in [0.717, 1.165) is 24.3 Å². The van der Waals surface area contributed by atoms with Crippen LogP contribution in [0, 0.1) is 19.8 Å². The van der Waals surface area contributed by atoms with Gasteiger partial charge in [-0.15, -0.1) is 0 Å². The van der Waals surface area contributed by atoms with Crippen molar-refractivity contribution in [2.24, 2.45) is 11.7 Å². The zero-order valence-corrected chi connectivity index (χ0v) is 10.7. The standard InChI is InChI=1S/C12H21N3O2/c1-8(5-4-6-13)12(16)14-7-11-15-9(2)10(3)17-11/h8H,4-7,13H2,1-3H3,(H,14,16). The molecule has 0 aliphatic carbocycles. The molecular weight excluding hydrogens is 218 g/mol. The zero-order chi connectivity index (χ0) is 12.8. The van der Waals surface area contributed by atoms with Crippen LogP contribution in [0.1, 0.15) is 37.1 Å². The van der Waals surface area contributed by atoms with Crippen molar-refractivity contribution in [3.63, 3.8) is 0 Å². The molecule has 1 aromatic rings. The lowest BCUT2D eigenvalue weighted by Gasteiger charge is -2.10. The van der Waals surface area contributed by atoms with Gasteiger partial charge in [-0.05, 0) is 33.2 Å². The molecule has 1 amide bonds. The second kappa shape index (κ2) is 6.39. The van der Waals surface area contributed by atoms with E-state index in [9.17, 15) is 4.79 Å². The van der Waals surface area contributed by atoms with Gasteiger partial charge in [0.25, 0.3) is 0 Å². The summed E-state index contributed by atoms with van der Waals surface area (Å²) in [5, 5.41) is 2.81. The third-order valence-electron chi connectivity index (χ3n) is 2.78. The highest BCUT2D eigenvalue weighted by atomic mass is 16.4. The van der Waals surface area contributed by atoms with Gasteiger partial charge in [0, 0.05) is 5.92 Å². The lowest BCUT2D eigenvalue weighted by atomic mass is 10.1. The highest BCUT2D eigenvalue weighted by molar-refractivity contribution is 5.78. The Kier molecular flexibility index (Phi) is 5.15. The molecule has 0 aliphatic heterocycles. The van der Waals surface area contributed by atoms with Gasteiger partial charge in [-0.1, -0.05) is 6.92 Å². The van der Waals surface area contributed by atoms with Gasteiger partial charge in [-0.3, -0.25) is 4.79 Å². The summed E-state index contributed by atoms with van der Waals surface area (Å²) in [4.78, 5) is 15.9. The molecule has 0 aromatic carbocycles. The summed E-state index contributed by atoms with van der Waals surface area (Å²) < 4.78 is 5.38. The van der Waals surface area contributed by atoms with Crippen molar-refractivity contribution in [3.8, 4) is 0 Å². The van der Waals surface area contributed by atoms with Crippen LogP contribution in [-0.2, 0) is 11.3 Å². The Morgan fingerprint density at radius 3 is 2.76 bits per heavy atom. The summed E-state index contributed by atoms with van der Waals surface area (Å²) in [5.41, 5.74) is 6.27. The molecule has 1 atom stereocenters. The summed E-state index contributed by atoms with van der Waals surface area (Å²) in [6.07, 6.45) is 1.68. The van der Waals surface area contributed by atoms with Crippen LogP contribution in [0.4, 0.5) is 0 Å². The molecule has 96 valence electrons. The van der Waals surface area contributed by atoms with Gasteiger partial charge in [0.2, 0.25) is 11.8 Å². The molecule has 1 rings (SSSR count). The SMILES string of the molecule is Cc1nc(CNC(=O)C(C)CCCN)oc1C. The van der Waals surface area contributed by atoms with Crippen molar-refractivity contribution < 1.29 is 9.21 Å². The van der Waals surface area contributed by atoms with Crippen LogP contribution in [-0.4, -0.2) is 17.4 Å². The lowest BCUT2D eigenvalue weighted by Crippen LogP contribution is -2.29. The Morgan fingerprint density at radius 2 is 2.24 bits per heavy atom. The topological polar surface area (TPSA) is 81.2 Å².